The Kier molecular flexibility index (Phi) is 6.07. The highest BCUT2D eigenvalue weighted by Crippen LogP contribution is 2.12. The SMILES string of the molecule is CCOc1cccn(CCCCOc2cccc(C)c2)c1=O. The number of nitrogens with zero attached hydrogens (tertiary/aromatic N) is 1. The van der Waals surface area contributed by atoms with Crippen molar-refractivity contribution in [3.8, 4) is 11.5 Å². The molecular weight excluding hydrogens is 278 g/mol. The van der Waals surface area contributed by atoms with E-state index in [2.05, 4.69) is 0 Å². The molecule has 0 aliphatic carbocycles. The fraction of sp³-hybridized carbons (Fsp3) is 0.389. The molecule has 0 spiro atoms. The maximum absolute atomic E-state index is 12.1. The van der Waals surface area contributed by atoms with Gasteiger partial charge in [0.1, 0.15) is 5.75 Å². The first-order valence-electron chi connectivity index (χ1n) is 7.72. The van der Waals surface area contributed by atoms with Gasteiger partial charge in [-0.15, -0.1) is 0 Å². The van der Waals surface area contributed by atoms with Gasteiger partial charge in [-0.05, 0) is 56.5 Å². The topological polar surface area (TPSA) is 40.5 Å². The van der Waals surface area contributed by atoms with Gasteiger partial charge in [0.15, 0.2) is 5.75 Å². The summed E-state index contributed by atoms with van der Waals surface area (Å²) < 4.78 is 12.7. The molecule has 4 heteroatoms. The first-order chi connectivity index (χ1) is 10.7. The molecular formula is C18H23NO3. The van der Waals surface area contributed by atoms with Crippen molar-refractivity contribution in [1.29, 1.82) is 0 Å². The summed E-state index contributed by atoms with van der Waals surface area (Å²) in [6, 6.07) is 11.6. The lowest BCUT2D eigenvalue weighted by Gasteiger charge is -2.09. The normalized spacial score (nSPS) is 10.5. The monoisotopic (exact) mass is 301 g/mol. The van der Waals surface area contributed by atoms with E-state index in [4.69, 9.17) is 9.47 Å². The molecule has 1 aromatic heterocycles. The Balaban J connectivity index is 1.77. The van der Waals surface area contributed by atoms with Gasteiger partial charge in [-0.25, -0.2) is 0 Å². The average Bonchev–Trinajstić information content (AvgIpc) is 2.51. The number of unbranched alkanes of at least 4 members (excludes halogenated alkanes) is 1. The molecule has 2 rings (SSSR count). The van der Waals surface area contributed by atoms with Gasteiger partial charge < -0.3 is 14.0 Å². The van der Waals surface area contributed by atoms with Crippen LogP contribution in [-0.2, 0) is 6.54 Å². The standard InChI is InChI=1S/C18H23NO3/c1-3-21-17-10-7-12-19(18(17)20)11-4-5-13-22-16-9-6-8-15(2)14-16/h6-10,12,14H,3-5,11,13H2,1-2H3. The lowest BCUT2D eigenvalue weighted by molar-refractivity contribution is 0.301. The number of benzene rings is 1. The van der Waals surface area contributed by atoms with Crippen molar-refractivity contribution in [3.63, 3.8) is 0 Å². The molecule has 0 aliphatic heterocycles. The number of rotatable bonds is 8. The Morgan fingerprint density at radius 3 is 2.73 bits per heavy atom. The van der Waals surface area contributed by atoms with Crippen LogP contribution in [0.2, 0.25) is 0 Å². The van der Waals surface area contributed by atoms with Crippen LogP contribution in [0.5, 0.6) is 11.5 Å². The first kappa shape index (κ1) is 16.1. The van der Waals surface area contributed by atoms with Crippen molar-refractivity contribution < 1.29 is 9.47 Å². The Labute approximate surface area is 131 Å². The summed E-state index contributed by atoms with van der Waals surface area (Å²) in [5.41, 5.74) is 1.13. The second kappa shape index (κ2) is 8.27. The number of ether oxygens (including phenoxy) is 2. The molecule has 0 radical (unpaired) electrons. The van der Waals surface area contributed by atoms with Gasteiger partial charge in [-0.1, -0.05) is 12.1 Å². The minimum Gasteiger partial charge on any atom is -0.494 e. The lowest BCUT2D eigenvalue weighted by Crippen LogP contribution is -2.21. The molecule has 0 unspecified atom stereocenters. The summed E-state index contributed by atoms with van der Waals surface area (Å²) in [6.07, 6.45) is 3.59. The van der Waals surface area contributed by atoms with Crippen LogP contribution in [0.4, 0.5) is 0 Å². The van der Waals surface area contributed by atoms with Crippen LogP contribution in [0.1, 0.15) is 25.3 Å². The smallest absolute Gasteiger partial charge is 0.292 e. The van der Waals surface area contributed by atoms with Gasteiger partial charge in [0.2, 0.25) is 0 Å². The molecule has 0 atom stereocenters. The molecule has 0 bridgehead atoms. The molecule has 1 aromatic carbocycles. The van der Waals surface area contributed by atoms with Crippen LogP contribution in [0.25, 0.3) is 0 Å². The Morgan fingerprint density at radius 2 is 1.95 bits per heavy atom. The zero-order chi connectivity index (χ0) is 15.8. The quantitative estimate of drug-likeness (QED) is 0.702. The highest BCUT2D eigenvalue weighted by atomic mass is 16.5. The predicted molar refractivity (Wildman–Crippen MR) is 87.8 cm³/mol. The molecule has 2 aromatic rings. The van der Waals surface area contributed by atoms with Crippen LogP contribution in [0.15, 0.2) is 47.4 Å². The zero-order valence-corrected chi connectivity index (χ0v) is 13.2. The average molecular weight is 301 g/mol. The third-order valence-electron chi connectivity index (χ3n) is 3.34. The minimum atomic E-state index is -0.0658. The van der Waals surface area contributed by atoms with E-state index in [0.29, 0.717) is 25.5 Å². The van der Waals surface area contributed by atoms with Crippen LogP contribution >= 0.6 is 0 Å². The van der Waals surface area contributed by atoms with Crippen LogP contribution in [0.3, 0.4) is 0 Å². The Morgan fingerprint density at radius 1 is 1.09 bits per heavy atom. The third kappa shape index (κ3) is 4.65. The fourth-order valence-electron chi connectivity index (χ4n) is 2.24. The van der Waals surface area contributed by atoms with Gasteiger partial charge in [-0.2, -0.15) is 0 Å². The van der Waals surface area contributed by atoms with Crippen molar-refractivity contribution in [2.75, 3.05) is 13.2 Å². The van der Waals surface area contributed by atoms with Gasteiger partial charge in [-0.3, -0.25) is 4.79 Å². The number of pyridine rings is 1. The van der Waals surface area contributed by atoms with E-state index >= 15 is 0 Å². The summed E-state index contributed by atoms with van der Waals surface area (Å²) in [7, 11) is 0. The van der Waals surface area contributed by atoms with E-state index in [9.17, 15) is 4.79 Å². The van der Waals surface area contributed by atoms with Crippen molar-refractivity contribution in [2.45, 2.75) is 33.2 Å². The first-order valence-corrected chi connectivity index (χ1v) is 7.72. The number of hydrogen-bond donors (Lipinski definition) is 0. The van der Waals surface area contributed by atoms with Crippen molar-refractivity contribution in [1.82, 2.24) is 4.57 Å². The number of aromatic nitrogens is 1. The molecule has 0 fully saturated rings. The second-order valence-electron chi connectivity index (χ2n) is 5.18. The lowest BCUT2D eigenvalue weighted by atomic mass is 10.2. The summed E-state index contributed by atoms with van der Waals surface area (Å²) in [5, 5.41) is 0. The molecule has 0 aliphatic rings. The molecule has 0 saturated carbocycles. The minimum absolute atomic E-state index is 0.0658. The van der Waals surface area contributed by atoms with Crippen LogP contribution < -0.4 is 15.0 Å². The van der Waals surface area contributed by atoms with E-state index in [1.807, 2.05) is 44.2 Å². The second-order valence-corrected chi connectivity index (χ2v) is 5.18. The van der Waals surface area contributed by atoms with E-state index in [1.54, 1.807) is 16.8 Å². The fourth-order valence-corrected chi connectivity index (χ4v) is 2.24. The maximum Gasteiger partial charge on any atom is 0.292 e. The largest absolute Gasteiger partial charge is 0.494 e. The van der Waals surface area contributed by atoms with Crippen molar-refractivity contribution in [3.05, 3.63) is 58.5 Å². The van der Waals surface area contributed by atoms with E-state index in [-0.39, 0.29) is 5.56 Å². The third-order valence-corrected chi connectivity index (χ3v) is 3.34. The zero-order valence-electron chi connectivity index (χ0n) is 13.2. The summed E-state index contributed by atoms with van der Waals surface area (Å²) in [4.78, 5) is 12.1. The molecule has 118 valence electrons. The van der Waals surface area contributed by atoms with Crippen molar-refractivity contribution >= 4 is 0 Å². The van der Waals surface area contributed by atoms with Gasteiger partial charge in [0.25, 0.3) is 5.56 Å². The molecule has 0 saturated heterocycles. The highest BCUT2D eigenvalue weighted by Gasteiger charge is 2.03. The highest BCUT2D eigenvalue weighted by molar-refractivity contribution is 5.27. The molecule has 0 N–H and O–H groups in total. The number of aryl methyl sites for hydroxylation is 2. The predicted octanol–water partition coefficient (Wildman–Crippen LogP) is 3.41. The number of hydrogen-bond acceptors (Lipinski definition) is 3. The molecule has 0 amide bonds. The van der Waals surface area contributed by atoms with E-state index < -0.39 is 0 Å². The van der Waals surface area contributed by atoms with Crippen LogP contribution in [0, 0.1) is 6.92 Å². The van der Waals surface area contributed by atoms with Crippen LogP contribution in [-0.4, -0.2) is 17.8 Å². The Hall–Kier alpha value is -2.23. The van der Waals surface area contributed by atoms with Crippen molar-refractivity contribution in [2.24, 2.45) is 0 Å². The summed E-state index contributed by atoms with van der Waals surface area (Å²) >= 11 is 0. The van der Waals surface area contributed by atoms with E-state index in [1.165, 1.54) is 5.56 Å². The molecule has 22 heavy (non-hydrogen) atoms. The Bertz CT molecular complexity index is 649. The van der Waals surface area contributed by atoms with Gasteiger partial charge >= 0.3 is 0 Å². The van der Waals surface area contributed by atoms with Gasteiger partial charge in [0, 0.05) is 12.7 Å². The summed E-state index contributed by atoms with van der Waals surface area (Å²) in [6.45, 7) is 5.76. The maximum atomic E-state index is 12.1. The van der Waals surface area contributed by atoms with Gasteiger partial charge in [0.05, 0.1) is 13.2 Å². The van der Waals surface area contributed by atoms with E-state index in [0.717, 1.165) is 18.6 Å². The molecule has 1 heterocycles. The molecule has 4 nitrogen and oxygen atoms in total. The summed E-state index contributed by atoms with van der Waals surface area (Å²) in [5.74, 6) is 1.32.